The molecule has 1 aliphatic heterocycles. The molecular formula is C26H29ClN4O3S. The minimum Gasteiger partial charge on any atom is -0.384 e. The molecule has 0 aliphatic carbocycles. The predicted octanol–water partition coefficient (Wildman–Crippen LogP) is 4.25. The fourth-order valence-electron chi connectivity index (χ4n) is 4.14. The first kappa shape index (κ1) is 26.2. The number of carbonyl (C=O) groups excluding carboxylic acids is 1. The standard InChI is InChI=1S/C26H28N4O3S.ClH/c27-26(28)22-11-8-19(9-12-22)10-15-25(31)30-16-4-7-21-13-14-23(17-24(21)30)29-34(32,33)18-20-5-2-1-3-6-20;/h1-3,5-6,8-9,11-14,17,29H,4,7,10,15-16,18H2,(H3,27,28);1H. The Bertz CT molecular complexity index is 1300. The molecule has 4 N–H and O–H groups in total. The van der Waals surface area contributed by atoms with Gasteiger partial charge in [-0.2, -0.15) is 0 Å². The fraction of sp³-hybridized carbons (Fsp3) is 0.231. The molecule has 0 saturated carbocycles. The van der Waals surface area contributed by atoms with Crippen LogP contribution in [0.2, 0.25) is 0 Å². The summed E-state index contributed by atoms with van der Waals surface area (Å²) < 4.78 is 28.0. The van der Waals surface area contributed by atoms with Gasteiger partial charge in [-0.3, -0.25) is 14.9 Å². The van der Waals surface area contributed by atoms with Gasteiger partial charge in [-0.25, -0.2) is 8.42 Å². The minimum absolute atomic E-state index is 0. The van der Waals surface area contributed by atoms with Gasteiger partial charge in [0.1, 0.15) is 5.84 Å². The molecule has 0 spiro atoms. The van der Waals surface area contributed by atoms with E-state index in [1.807, 2.05) is 36.4 Å². The number of nitrogen functional groups attached to an aromatic ring is 1. The summed E-state index contributed by atoms with van der Waals surface area (Å²) in [6.07, 6.45) is 2.63. The zero-order valence-corrected chi connectivity index (χ0v) is 20.9. The highest BCUT2D eigenvalue weighted by Gasteiger charge is 2.23. The molecule has 3 aromatic carbocycles. The number of sulfonamides is 1. The average molecular weight is 513 g/mol. The van der Waals surface area contributed by atoms with Crippen LogP contribution >= 0.6 is 12.4 Å². The molecule has 1 heterocycles. The summed E-state index contributed by atoms with van der Waals surface area (Å²) in [6, 6.07) is 21.8. The molecule has 9 heteroatoms. The highest BCUT2D eigenvalue weighted by atomic mass is 35.5. The predicted molar refractivity (Wildman–Crippen MR) is 143 cm³/mol. The van der Waals surface area contributed by atoms with Crippen molar-refractivity contribution in [2.24, 2.45) is 5.73 Å². The number of nitrogens with two attached hydrogens (primary N) is 1. The maximum Gasteiger partial charge on any atom is 0.236 e. The maximum atomic E-state index is 13.1. The number of halogens is 1. The van der Waals surface area contributed by atoms with Gasteiger partial charge in [0, 0.05) is 24.2 Å². The highest BCUT2D eigenvalue weighted by Crippen LogP contribution is 2.31. The number of amides is 1. The Balaban J connectivity index is 0.00000342. The molecule has 1 aliphatic rings. The minimum atomic E-state index is -3.59. The van der Waals surface area contributed by atoms with Gasteiger partial charge in [-0.1, -0.05) is 60.7 Å². The van der Waals surface area contributed by atoms with Crippen molar-refractivity contribution in [2.75, 3.05) is 16.2 Å². The molecule has 0 fully saturated rings. The van der Waals surface area contributed by atoms with Crippen molar-refractivity contribution in [3.8, 4) is 0 Å². The summed E-state index contributed by atoms with van der Waals surface area (Å²) in [4.78, 5) is 14.8. The topological polar surface area (TPSA) is 116 Å². The van der Waals surface area contributed by atoms with E-state index in [2.05, 4.69) is 4.72 Å². The van der Waals surface area contributed by atoms with E-state index in [0.717, 1.165) is 29.7 Å². The molecule has 0 unspecified atom stereocenters. The second-order valence-corrected chi connectivity index (χ2v) is 10.2. The van der Waals surface area contributed by atoms with Gasteiger partial charge in [-0.15, -0.1) is 12.4 Å². The molecule has 0 aromatic heterocycles. The number of anilines is 2. The molecule has 1 amide bonds. The Labute approximate surface area is 212 Å². The number of nitrogens with one attached hydrogen (secondary N) is 2. The molecule has 3 aromatic rings. The normalized spacial score (nSPS) is 12.9. The largest absolute Gasteiger partial charge is 0.384 e. The number of hydrogen-bond acceptors (Lipinski definition) is 4. The summed E-state index contributed by atoms with van der Waals surface area (Å²) in [6.45, 7) is 0.606. The summed E-state index contributed by atoms with van der Waals surface area (Å²) in [7, 11) is -3.59. The van der Waals surface area contributed by atoms with Crippen LogP contribution in [-0.4, -0.2) is 26.7 Å². The first-order valence-electron chi connectivity index (χ1n) is 11.2. The summed E-state index contributed by atoms with van der Waals surface area (Å²) in [5.74, 6) is -0.0978. The lowest BCUT2D eigenvalue weighted by atomic mass is 10.00. The number of amidine groups is 1. The van der Waals surface area contributed by atoms with Crippen LogP contribution < -0.4 is 15.4 Å². The molecule has 35 heavy (non-hydrogen) atoms. The van der Waals surface area contributed by atoms with Gasteiger partial charge in [-0.05, 0) is 48.1 Å². The zero-order valence-electron chi connectivity index (χ0n) is 19.2. The van der Waals surface area contributed by atoms with Crippen LogP contribution in [-0.2, 0) is 33.4 Å². The van der Waals surface area contributed by atoms with E-state index in [-0.39, 0.29) is 29.9 Å². The van der Waals surface area contributed by atoms with Crippen molar-refractivity contribution in [1.29, 1.82) is 5.41 Å². The number of benzene rings is 3. The van der Waals surface area contributed by atoms with Crippen LogP contribution in [0.25, 0.3) is 0 Å². The first-order chi connectivity index (χ1) is 16.3. The van der Waals surface area contributed by atoms with Crippen LogP contribution in [0.5, 0.6) is 0 Å². The quantitative estimate of drug-likeness (QED) is 0.309. The van der Waals surface area contributed by atoms with Gasteiger partial charge in [0.05, 0.1) is 11.4 Å². The van der Waals surface area contributed by atoms with E-state index in [4.69, 9.17) is 11.1 Å². The number of hydrogen-bond donors (Lipinski definition) is 3. The van der Waals surface area contributed by atoms with Gasteiger partial charge in [0.15, 0.2) is 0 Å². The van der Waals surface area contributed by atoms with Crippen molar-refractivity contribution in [3.63, 3.8) is 0 Å². The van der Waals surface area contributed by atoms with Crippen molar-refractivity contribution >= 4 is 45.5 Å². The van der Waals surface area contributed by atoms with Gasteiger partial charge >= 0.3 is 0 Å². The van der Waals surface area contributed by atoms with Crippen molar-refractivity contribution in [3.05, 3.63) is 95.1 Å². The average Bonchev–Trinajstić information content (AvgIpc) is 2.82. The molecular weight excluding hydrogens is 484 g/mol. The summed E-state index contributed by atoms with van der Waals surface area (Å²) >= 11 is 0. The van der Waals surface area contributed by atoms with Gasteiger partial charge in [0.25, 0.3) is 0 Å². The third-order valence-corrected chi connectivity index (χ3v) is 7.13. The van der Waals surface area contributed by atoms with Crippen LogP contribution in [0.4, 0.5) is 11.4 Å². The lowest BCUT2D eigenvalue weighted by molar-refractivity contribution is -0.118. The number of nitrogens with zero attached hydrogens (tertiary/aromatic N) is 1. The van der Waals surface area contributed by atoms with Gasteiger partial charge < -0.3 is 10.6 Å². The van der Waals surface area contributed by atoms with E-state index in [9.17, 15) is 13.2 Å². The number of rotatable bonds is 8. The lowest BCUT2D eigenvalue weighted by Gasteiger charge is -2.30. The van der Waals surface area contributed by atoms with Crippen LogP contribution in [0.1, 0.15) is 35.1 Å². The Morgan fingerprint density at radius 2 is 1.71 bits per heavy atom. The van der Waals surface area contributed by atoms with Crippen LogP contribution in [0.3, 0.4) is 0 Å². The Hall–Kier alpha value is -3.36. The molecule has 0 radical (unpaired) electrons. The van der Waals surface area contributed by atoms with Crippen molar-refractivity contribution < 1.29 is 13.2 Å². The second-order valence-electron chi connectivity index (χ2n) is 8.45. The number of aryl methyl sites for hydroxylation is 2. The fourth-order valence-corrected chi connectivity index (χ4v) is 5.33. The monoisotopic (exact) mass is 512 g/mol. The first-order valence-corrected chi connectivity index (χ1v) is 12.9. The number of fused-ring (bicyclic) bond motifs is 1. The van der Waals surface area contributed by atoms with Crippen LogP contribution in [0.15, 0.2) is 72.8 Å². The van der Waals surface area contributed by atoms with Crippen LogP contribution in [0, 0.1) is 5.41 Å². The van der Waals surface area contributed by atoms with Gasteiger partial charge in [0.2, 0.25) is 15.9 Å². The van der Waals surface area contributed by atoms with Crippen molar-refractivity contribution in [1.82, 2.24) is 0 Å². The van der Waals surface area contributed by atoms with E-state index in [0.29, 0.717) is 36.2 Å². The molecule has 0 saturated heterocycles. The third kappa shape index (κ3) is 6.83. The molecule has 4 rings (SSSR count). The SMILES string of the molecule is Cl.N=C(N)c1ccc(CCC(=O)N2CCCc3ccc(NS(=O)(=O)Cc4ccccc4)cc32)cc1. The lowest BCUT2D eigenvalue weighted by Crippen LogP contribution is -2.35. The van der Waals surface area contributed by atoms with E-state index < -0.39 is 10.0 Å². The maximum absolute atomic E-state index is 13.1. The Morgan fingerprint density at radius 1 is 1.00 bits per heavy atom. The summed E-state index contributed by atoms with van der Waals surface area (Å²) in [5.41, 5.74) is 10.1. The third-order valence-electron chi connectivity index (χ3n) is 5.87. The molecule has 184 valence electrons. The van der Waals surface area contributed by atoms with E-state index in [1.54, 1.807) is 41.3 Å². The van der Waals surface area contributed by atoms with Crippen molar-refractivity contribution in [2.45, 2.75) is 31.4 Å². The number of carbonyl (C=O) groups is 1. The Kier molecular flexibility index (Phi) is 8.53. The molecule has 7 nitrogen and oxygen atoms in total. The highest BCUT2D eigenvalue weighted by molar-refractivity contribution is 7.91. The van der Waals surface area contributed by atoms with E-state index in [1.165, 1.54) is 0 Å². The smallest absolute Gasteiger partial charge is 0.236 e. The molecule has 0 bridgehead atoms. The molecule has 0 atom stereocenters. The second kappa shape index (κ2) is 11.4. The zero-order chi connectivity index (χ0) is 24.1. The summed E-state index contributed by atoms with van der Waals surface area (Å²) in [5, 5.41) is 7.48. The Morgan fingerprint density at radius 3 is 2.40 bits per heavy atom. The van der Waals surface area contributed by atoms with E-state index >= 15 is 0 Å².